The monoisotopic (exact) mass is 299 g/mol. The lowest BCUT2D eigenvalue weighted by atomic mass is 9.91. The van der Waals surface area contributed by atoms with Crippen molar-refractivity contribution in [1.29, 1.82) is 0 Å². The van der Waals surface area contributed by atoms with Crippen LogP contribution in [0.2, 0.25) is 0 Å². The van der Waals surface area contributed by atoms with Crippen LogP contribution in [0.5, 0.6) is 0 Å². The maximum absolute atomic E-state index is 5.83. The molecule has 0 aromatic carbocycles. The van der Waals surface area contributed by atoms with Gasteiger partial charge < -0.3 is 10.5 Å². The molecule has 4 nitrogen and oxygen atoms in total. The van der Waals surface area contributed by atoms with Gasteiger partial charge in [0.1, 0.15) is 10.00 Å². The van der Waals surface area contributed by atoms with Crippen molar-refractivity contribution in [2.75, 3.05) is 26.3 Å². The van der Waals surface area contributed by atoms with Crippen molar-refractivity contribution in [2.45, 2.75) is 32.7 Å². The van der Waals surface area contributed by atoms with Crippen LogP contribution in [0.15, 0.2) is 0 Å². The third-order valence-corrected chi connectivity index (χ3v) is 4.47. The van der Waals surface area contributed by atoms with Crippen LogP contribution in [0.1, 0.15) is 36.3 Å². The lowest BCUT2D eigenvalue weighted by Crippen LogP contribution is -2.35. The molecule has 106 valence electrons. The van der Waals surface area contributed by atoms with Gasteiger partial charge in [0.2, 0.25) is 0 Å². The minimum atomic E-state index is -0.0292. The van der Waals surface area contributed by atoms with Crippen LogP contribution >= 0.6 is 23.6 Å². The van der Waals surface area contributed by atoms with E-state index in [0.717, 1.165) is 48.4 Å². The molecule has 0 bridgehead atoms. The molecule has 0 saturated carbocycles. The summed E-state index contributed by atoms with van der Waals surface area (Å²) in [7, 11) is 0. The molecule has 0 unspecified atom stereocenters. The standard InChI is InChI=1S/C13H21N3OS2/c1-13(2,3)11-10(12(14)18)19-9(15-11)8-16-4-6-17-7-5-16/h4-8H2,1-3H3,(H2,14,18). The van der Waals surface area contributed by atoms with E-state index in [4.69, 9.17) is 27.7 Å². The normalized spacial score (nSPS) is 17.6. The molecule has 0 radical (unpaired) electrons. The number of nitrogens with zero attached hydrogens (tertiary/aromatic N) is 2. The smallest absolute Gasteiger partial charge is 0.116 e. The van der Waals surface area contributed by atoms with Crippen molar-refractivity contribution in [2.24, 2.45) is 5.73 Å². The lowest BCUT2D eigenvalue weighted by Gasteiger charge is -2.25. The van der Waals surface area contributed by atoms with Crippen LogP contribution in [-0.4, -0.2) is 41.2 Å². The summed E-state index contributed by atoms with van der Waals surface area (Å²) in [6.45, 7) is 10.8. The summed E-state index contributed by atoms with van der Waals surface area (Å²) in [4.78, 5) is 8.54. The van der Waals surface area contributed by atoms with E-state index in [-0.39, 0.29) is 5.41 Å². The second-order valence-electron chi connectivity index (χ2n) is 5.79. The second kappa shape index (κ2) is 5.83. The zero-order valence-electron chi connectivity index (χ0n) is 11.7. The van der Waals surface area contributed by atoms with Crippen LogP contribution in [0.4, 0.5) is 0 Å². The van der Waals surface area contributed by atoms with Gasteiger partial charge in [0.25, 0.3) is 0 Å². The molecule has 1 aromatic rings. The first-order valence-electron chi connectivity index (χ1n) is 6.48. The van der Waals surface area contributed by atoms with Gasteiger partial charge in [-0.3, -0.25) is 4.90 Å². The Kier molecular flexibility index (Phi) is 4.55. The highest BCUT2D eigenvalue weighted by atomic mass is 32.1. The molecule has 2 rings (SSSR count). The first-order chi connectivity index (χ1) is 8.88. The zero-order chi connectivity index (χ0) is 14.0. The Hall–Kier alpha value is -0.560. The summed E-state index contributed by atoms with van der Waals surface area (Å²) in [6.07, 6.45) is 0. The van der Waals surface area contributed by atoms with Crippen LogP contribution in [0, 0.1) is 0 Å². The number of morpholine rings is 1. The van der Waals surface area contributed by atoms with Crippen LogP contribution in [-0.2, 0) is 16.7 Å². The number of rotatable bonds is 3. The number of thiazole rings is 1. The molecule has 1 aliphatic rings. The first-order valence-corrected chi connectivity index (χ1v) is 7.70. The first kappa shape index (κ1) is 14.8. The Balaban J connectivity index is 2.20. The largest absolute Gasteiger partial charge is 0.389 e. The van der Waals surface area contributed by atoms with E-state index in [2.05, 4.69) is 25.7 Å². The number of nitrogens with two attached hydrogens (primary N) is 1. The van der Waals surface area contributed by atoms with E-state index in [0.29, 0.717) is 4.99 Å². The Labute approximate surface area is 124 Å². The van der Waals surface area contributed by atoms with Gasteiger partial charge in [-0.15, -0.1) is 11.3 Å². The van der Waals surface area contributed by atoms with Crippen molar-refractivity contribution in [3.63, 3.8) is 0 Å². The Bertz CT molecular complexity index is 459. The third kappa shape index (κ3) is 3.72. The lowest BCUT2D eigenvalue weighted by molar-refractivity contribution is 0.0341. The number of hydrogen-bond donors (Lipinski definition) is 1. The number of hydrogen-bond acceptors (Lipinski definition) is 5. The van der Waals surface area contributed by atoms with Crippen molar-refractivity contribution in [3.8, 4) is 0 Å². The van der Waals surface area contributed by atoms with Crippen molar-refractivity contribution in [3.05, 3.63) is 15.6 Å². The van der Waals surface area contributed by atoms with Gasteiger partial charge in [-0.1, -0.05) is 33.0 Å². The van der Waals surface area contributed by atoms with E-state index in [1.165, 1.54) is 0 Å². The van der Waals surface area contributed by atoms with Crippen LogP contribution < -0.4 is 5.73 Å². The Morgan fingerprint density at radius 2 is 2.05 bits per heavy atom. The van der Waals surface area contributed by atoms with Crippen molar-refractivity contribution < 1.29 is 4.74 Å². The van der Waals surface area contributed by atoms with Gasteiger partial charge in [0.05, 0.1) is 30.3 Å². The predicted molar refractivity (Wildman–Crippen MR) is 82.8 cm³/mol. The van der Waals surface area contributed by atoms with Crippen molar-refractivity contribution in [1.82, 2.24) is 9.88 Å². The molecule has 19 heavy (non-hydrogen) atoms. The highest BCUT2D eigenvalue weighted by Gasteiger charge is 2.25. The fourth-order valence-electron chi connectivity index (χ4n) is 2.06. The molecule has 0 atom stereocenters. The molecule has 1 aliphatic heterocycles. The van der Waals surface area contributed by atoms with Crippen molar-refractivity contribution >= 4 is 28.5 Å². The fourth-order valence-corrected chi connectivity index (χ4v) is 3.45. The molecule has 2 N–H and O–H groups in total. The molecule has 1 fully saturated rings. The maximum atomic E-state index is 5.83. The van der Waals surface area contributed by atoms with E-state index < -0.39 is 0 Å². The minimum absolute atomic E-state index is 0.0292. The summed E-state index contributed by atoms with van der Waals surface area (Å²) < 4.78 is 5.36. The molecule has 0 spiro atoms. The fraction of sp³-hybridized carbons (Fsp3) is 0.692. The van der Waals surface area contributed by atoms with E-state index in [9.17, 15) is 0 Å². The summed E-state index contributed by atoms with van der Waals surface area (Å²) in [5.41, 5.74) is 6.82. The third-order valence-electron chi connectivity index (χ3n) is 3.07. The Morgan fingerprint density at radius 3 is 2.53 bits per heavy atom. The highest BCUT2D eigenvalue weighted by molar-refractivity contribution is 7.81. The highest BCUT2D eigenvalue weighted by Crippen LogP contribution is 2.30. The summed E-state index contributed by atoms with van der Waals surface area (Å²) in [5.74, 6) is 0. The van der Waals surface area contributed by atoms with Crippen LogP contribution in [0.25, 0.3) is 0 Å². The van der Waals surface area contributed by atoms with E-state index >= 15 is 0 Å². The summed E-state index contributed by atoms with van der Waals surface area (Å²) in [5, 5.41) is 1.09. The van der Waals surface area contributed by atoms with Gasteiger partial charge in [-0.05, 0) is 0 Å². The number of thiocarbonyl (C=S) groups is 1. The minimum Gasteiger partial charge on any atom is -0.389 e. The quantitative estimate of drug-likeness (QED) is 0.864. The SMILES string of the molecule is CC(C)(C)c1nc(CN2CCOCC2)sc1C(N)=S. The molecule has 1 saturated heterocycles. The number of aromatic nitrogens is 1. The second-order valence-corrected chi connectivity index (χ2v) is 7.31. The molecule has 0 amide bonds. The molecule has 6 heteroatoms. The molecular weight excluding hydrogens is 278 g/mol. The van der Waals surface area contributed by atoms with Gasteiger partial charge in [-0.2, -0.15) is 0 Å². The predicted octanol–water partition coefficient (Wildman–Crippen LogP) is 1.91. The van der Waals surface area contributed by atoms with Gasteiger partial charge in [-0.25, -0.2) is 4.98 Å². The molecule has 1 aromatic heterocycles. The summed E-state index contributed by atoms with van der Waals surface area (Å²) >= 11 is 6.78. The number of ether oxygens (including phenoxy) is 1. The van der Waals surface area contributed by atoms with E-state index in [1.807, 2.05) is 0 Å². The van der Waals surface area contributed by atoms with Gasteiger partial charge in [0.15, 0.2) is 0 Å². The molecule has 2 heterocycles. The average molecular weight is 299 g/mol. The topological polar surface area (TPSA) is 51.4 Å². The average Bonchev–Trinajstić information content (AvgIpc) is 2.74. The molecular formula is C13H21N3OS2. The zero-order valence-corrected chi connectivity index (χ0v) is 13.4. The Morgan fingerprint density at radius 1 is 1.42 bits per heavy atom. The maximum Gasteiger partial charge on any atom is 0.116 e. The van der Waals surface area contributed by atoms with Gasteiger partial charge >= 0.3 is 0 Å². The van der Waals surface area contributed by atoms with Gasteiger partial charge in [0, 0.05) is 18.5 Å². The van der Waals surface area contributed by atoms with E-state index in [1.54, 1.807) is 11.3 Å². The van der Waals surface area contributed by atoms with Crippen LogP contribution in [0.3, 0.4) is 0 Å². The summed E-state index contributed by atoms with van der Waals surface area (Å²) in [6, 6.07) is 0. The molecule has 0 aliphatic carbocycles.